The van der Waals surface area contributed by atoms with Crippen LogP contribution < -0.4 is 10.4 Å². The molecule has 0 amide bonds. The zero-order valence-corrected chi connectivity index (χ0v) is 21.7. The Hall–Kier alpha value is -2.95. The van der Waals surface area contributed by atoms with Gasteiger partial charge in [-0.25, -0.2) is 0 Å². The normalized spacial score (nSPS) is 22.8. The van der Waals surface area contributed by atoms with Crippen molar-refractivity contribution in [1.82, 2.24) is 0 Å². The van der Waals surface area contributed by atoms with Crippen LogP contribution in [0.5, 0.6) is 0 Å². The van der Waals surface area contributed by atoms with Gasteiger partial charge in [-0.05, 0) is 84.9 Å². The largest absolute Gasteiger partial charge is 0.416 e. The van der Waals surface area contributed by atoms with Crippen molar-refractivity contribution in [3.05, 3.63) is 81.7 Å². The van der Waals surface area contributed by atoms with Crippen molar-refractivity contribution in [2.24, 2.45) is 27.7 Å². The van der Waals surface area contributed by atoms with Crippen LogP contribution in [0.25, 0.3) is 11.6 Å². The molecule has 37 heavy (non-hydrogen) atoms. The highest BCUT2D eigenvalue weighted by molar-refractivity contribution is 6.10. The Morgan fingerprint density at radius 3 is 2.70 bits per heavy atom. The minimum absolute atomic E-state index is 0.298. The molecule has 1 fully saturated rings. The lowest BCUT2D eigenvalue weighted by Gasteiger charge is -2.36. The van der Waals surface area contributed by atoms with Gasteiger partial charge in [0, 0.05) is 23.8 Å². The molecule has 1 aliphatic heterocycles. The second kappa shape index (κ2) is 10.8. The fourth-order valence-corrected chi connectivity index (χ4v) is 6.21. The third-order valence-corrected chi connectivity index (χ3v) is 8.34. The van der Waals surface area contributed by atoms with E-state index in [4.69, 9.17) is 9.98 Å². The van der Waals surface area contributed by atoms with Gasteiger partial charge in [0.25, 0.3) is 0 Å². The van der Waals surface area contributed by atoms with Gasteiger partial charge in [-0.15, -0.1) is 0 Å². The topological polar surface area (TPSA) is 24.7 Å². The molecule has 2 aromatic rings. The standard InChI is InChI=1S/C32H35F3N2/c1-21-7-5-8-24(16-26-10-3-4-12-28(21)26)18-30-29-14-13-25(19-31(29)37-20-36-30)22(2)15-23-9-6-11-27(17-23)32(33,34)35/h3-4,6,8-12,16-17,22,25,29H,5,7,13-15,18-20H2,1-2H3. The minimum atomic E-state index is -4.30. The maximum absolute atomic E-state index is 13.1. The van der Waals surface area contributed by atoms with E-state index in [0.29, 0.717) is 30.8 Å². The van der Waals surface area contributed by atoms with Gasteiger partial charge in [0.05, 0.1) is 5.56 Å². The Morgan fingerprint density at radius 2 is 1.86 bits per heavy atom. The van der Waals surface area contributed by atoms with E-state index in [9.17, 15) is 13.2 Å². The van der Waals surface area contributed by atoms with Crippen LogP contribution in [-0.2, 0) is 12.6 Å². The summed E-state index contributed by atoms with van der Waals surface area (Å²) >= 11 is 0. The average Bonchev–Trinajstić information content (AvgIpc) is 2.87. The van der Waals surface area contributed by atoms with Gasteiger partial charge in [0.1, 0.15) is 6.67 Å². The van der Waals surface area contributed by atoms with Crippen LogP contribution in [0.1, 0.15) is 63.5 Å². The molecule has 194 valence electrons. The number of hydrogen-bond donors (Lipinski definition) is 0. The first-order valence-corrected chi connectivity index (χ1v) is 13.5. The maximum atomic E-state index is 13.1. The van der Waals surface area contributed by atoms with E-state index < -0.39 is 11.7 Å². The molecule has 0 N–H and O–H groups in total. The van der Waals surface area contributed by atoms with Crippen LogP contribution in [0.3, 0.4) is 0 Å². The van der Waals surface area contributed by atoms with E-state index in [0.717, 1.165) is 50.2 Å². The lowest BCUT2D eigenvalue weighted by Crippen LogP contribution is -2.36. The van der Waals surface area contributed by atoms with Crippen molar-refractivity contribution in [2.45, 2.75) is 65.0 Å². The molecule has 3 atom stereocenters. The number of allylic oxidation sites excluding steroid dienone is 2. The summed E-state index contributed by atoms with van der Waals surface area (Å²) in [5, 5.41) is 2.62. The second-order valence-corrected chi connectivity index (χ2v) is 10.9. The summed E-state index contributed by atoms with van der Waals surface area (Å²) in [5.41, 5.74) is 5.46. The number of benzene rings is 2. The molecular weight excluding hydrogens is 469 g/mol. The molecule has 3 aliphatic rings. The van der Waals surface area contributed by atoms with Crippen LogP contribution in [0.2, 0.25) is 0 Å². The highest BCUT2D eigenvalue weighted by Gasteiger charge is 2.34. The van der Waals surface area contributed by atoms with E-state index in [1.165, 1.54) is 45.1 Å². The van der Waals surface area contributed by atoms with Gasteiger partial charge in [0.2, 0.25) is 0 Å². The number of rotatable bonds is 5. The molecule has 0 saturated heterocycles. The van der Waals surface area contributed by atoms with Gasteiger partial charge in [-0.3, -0.25) is 9.98 Å². The van der Waals surface area contributed by atoms with Gasteiger partial charge in [-0.2, -0.15) is 13.2 Å². The predicted molar refractivity (Wildman–Crippen MR) is 146 cm³/mol. The number of halogens is 3. The quantitative estimate of drug-likeness (QED) is 0.423. The molecule has 2 aromatic carbocycles. The molecule has 2 aliphatic carbocycles. The Kier molecular flexibility index (Phi) is 7.50. The lowest BCUT2D eigenvalue weighted by atomic mass is 9.71. The Bertz CT molecular complexity index is 1360. The molecule has 2 nitrogen and oxygen atoms in total. The summed E-state index contributed by atoms with van der Waals surface area (Å²) in [6, 6.07) is 14.4. The molecular formula is C32H35F3N2. The van der Waals surface area contributed by atoms with Crippen molar-refractivity contribution in [1.29, 1.82) is 0 Å². The number of fused-ring (bicyclic) bond motifs is 2. The lowest BCUT2D eigenvalue weighted by molar-refractivity contribution is -0.137. The van der Waals surface area contributed by atoms with Crippen molar-refractivity contribution in [2.75, 3.05) is 6.67 Å². The van der Waals surface area contributed by atoms with Crippen LogP contribution in [0, 0.1) is 17.8 Å². The number of hydrogen-bond acceptors (Lipinski definition) is 2. The average molecular weight is 505 g/mol. The molecule has 0 radical (unpaired) electrons. The first-order valence-electron chi connectivity index (χ1n) is 13.5. The Balaban J connectivity index is 1.26. The number of nitrogens with zero attached hydrogens (tertiary/aromatic N) is 2. The van der Waals surface area contributed by atoms with Crippen molar-refractivity contribution >= 4 is 23.1 Å². The van der Waals surface area contributed by atoms with Crippen LogP contribution >= 0.6 is 0 Å². The summed E-state index contributed by atoms with van der Waals surface area (Å²) < 4.78 is 39.4. The van der Waals surface area contributed by atoms with Gasteiger partial charge >= 0.3 is 6.18 Å². The third kappa shape index (κ3) is 5.97. The van der Waals surface area contributed by atoms with E-state index in [2.05, 4.69) is 50.3 Å². The zero-order valence-electron chi connectivity index (χ0n) is 21.7. The zero-order chi connectivity index (χ0) is 26.0. The van der Waals surface area contributed by atoms with Crippen molar-refractivity contribution in [3.63, 3.8) is 0 Å². The number of aliphatic imine (C=N–C) groups is 2. The monoisotopic (exact) mass is 504 g/mol. The fourth-order valence-electron chi connectivity index (χ4n) is 6.21. The van der Waals surface area contributed by atoms with E-state index in [-0.39, 0.29) is 0 Å². The fraction of sp³-hybridized carbons (Fsp3) is 0.438. The summed E-state index contributed by atoms with van der Waals surface area (Å²) in [7, 11) is 0. The first-order chi connectivity index (χ1) is 17.8. The molecule has 0 spiro atoms. The van der Waals surface area contributed by atoms with Gasteiger partial charge in [0.15, 0.2) is 0 Å². The highest BCUT2D eigenvalue weighted by atomic mass is 19.4. The van der Waals surface area contributed by atoms with Crippen molar-refractivity contribution in [3.8, 4) is 0 Å². The van der Waals surface area contributed by atoms with E-state index in [1.807, 2.05) is 6.07 Å². The summed E-state index contributed by atoms with van der Waals surface area (Å²) in [6.45, 7) is 4.90. The van der Waals surface area contributed by atoms with Crippen LogP contribution in [-0.4, -0.2) is 18.1 Å². The maximum Gasteiger partial charge on any atom is 0.416 e. The number of alkyl halides is 3. The predicted octanol–water partition coefficient (Wildman–Crippen LogP) is 6.92. The van der Waals surface area contributed by atoms with Gasteiger partial charge in [-0.1, -0.05) is 67.1 Å². The molecule has 5 heteroatoms. The second-order valence-electron chi connectivity index (χ2n) is 10.9. The molecule has 1 heterocycles. The third-order valence-electron chi connectivity index (χ3n) is 8.34. The summed E-state index contributed by atoms with van der Waals surface area (Å²) in [4.78, 5) is 9.67. The summed E-state index contributed by atoms with van der Waals surface area (Å²) in [6.07, 6.45) is 7.03. The van der Waals surface area contributed by atoms with Crippen LogP contribution in [0.4, 0.5) is 13.2 Å². The minimum Gasteiger partial charge on any atom is -0.270 e. The molecule has 1 saturated carbocycles. The van der Waals surface area contributed by atoms with E-state index in [1.54, 1.807) is 0 Å². The van der Waals surface area contributed by atoms with E-state index >= 15 is 0 Å². The Morgan fingerprint density at radius 1 is 1.03 bits per heavy atom. The molecule has 0 aromatic heterocycles. The Labute approximate surface area is 217 Å². The van der Waals surface area contributed by atoms with Crippen LogP contribution in [0.15, 0.2) is 70.2 Å². The smallest absolute Gasteiger partial charge is 0.270 e. The first kappa shape index (κ1) is 25.7. The molecule has 3 unspecified atom stereocenters. The molecule has 5 rings (SSSR count). The van der Waals surface area contributed by atoms with Gasteiger partial charge < -0.3 is 0 Å². The highest BCUT2D eigenvalue weighted by Crippen LogP contribution is 2.37. The summed E-state index contributed by atoms with van der Waals surface area (Å²) in [5.74, 6) is 1.03. The SMILES string of the molecule is CC1=c2ccccc2=CC(CC2=NCN=C3CC(C(C)Cc4cccc(C(F)(F)F)c4)CCC23)=CCC1. The molecule has 0 bridgehead atoms. The van der Waals surface area contributed by atoms with Crippen molar-refractivity contribution < 1.29 is 13.2 Å².